The molecule has 3 rings (SSSR count). The number of nitrogen functional groups attached to an aromatic ring is 1. The first-order valence-electron chi connectivity index (χ1n) is 10.2. The minimum Gasteiger partial charge on any atom is -0.470 e. The molecule has 0 radical (unpaired) electrons. The lowest BCUT2D eigenvalue weighted by molar-refractivity contribution is 0.0948. The number of nitrogens with two attached hydrogens (primary N) is 1. The van der Waals surface area contributed by atoms with Crippen LogP contribution >= 0.6 is 0 Å². The Morgan fingerprint density at radius 2 is 1.80 bits per heavy atom. The van der Waals surface area contributed by atoms with Gasteiger partial charge in [-0.2, -0.15) is 4.98 Å². The normalized spacial score (nSPS) is 11.7. The van der Waals surface area contributed by atoms with Gasteiger partial charge < -0.3 is 15.8 Å². The predicted octanol–water partition coefficient (Wildman–Crippen LogP) is 4.23. The van der Waals surface area contributed by atoms with Gasteiger partial charge in [-0.05, 0) is 50.5 Å². The lowest BCUT2D eigenvalue weighted by Gasteiger charge is -2.24. The van der Waals surface area contributed by atoms with Gasteiger partial charge in [0.15, 0.2) is 5.52 Å². The van der Waals surface area contributed by atoms with Crippen molar-refractivity contribution >= 4 is 22.9 Å². The van der Waals surface area contributed by atoms with E-state index in [2.05, 4.69) is 29.1 Å². The van der Waals surface area contributed by atoms with E-state index in [1.807, 2.05) is 45.0 Å². The number of hydrogen-bond donors (Lipinski definition) is 2. The summed E-state index contributed by atoms with van der Waals surface area (Å²) in [6.45, 7) is 10.8. The van der Waals surface area contributed by atoms with Crippen LogP contribution in [0.2, 0.25) is 0 Å². The Morgan fingerprint density at radius 3 is 2.43 bits per heavy atom. The maximum Gasteiger partial charge on any atom is 0.251 e. The van der Waals surface area contributed by atoms with Crippen molar-refractivity contribution in [1.29, 1.82) is 0 Å². The largest absolute Gasteiger partial charge is 0.470 e. The minimum absolute atomic E-state index is 0.0805. The van der Waals surface area contributed by atoms with Crippen LogP contribution < -0.4 is 15.8 Å². The van der Waals surface area contributed by atoms with Crippen molar-refractivity contribution < 1.29 is 9.53 Å². The molecule has 3 aromatic rings. The Labute approximate surface area is 177 Å². The topological polar surface area (TPSA) is 103 Å². The molecule has 0 unspecified atom stereocenters. The number of nitrogens with one attached hydrogen (secondary N) is 1. The summed E-state index contributed by atoms with van der Waals surface area (Å²) in [6.07, 6.45) is 0.804. The second kappa shape index (κ2) is 8.65. The van der Waals surface area contributed by atoms with Gasteiger partial charge in [0, 0.05) is 17.7 Å². The summed E-state index contributed by atoms with van der Waals surface area (Å²) in [7, 11) is 0. The van der Waals surface area contributed by atoms with Crippen molar-refractivity contribution in [2.75, 3.05) is 12.3 Å². The highest BCUT2D eigenvalue weighted by Gasteiger charge is 2.21. The first-order valence-corrected chi connectivity index (χ1v) is 10.2. The van der Waals surface area contributed by atoms with Gasteiger partial charge in [0.1, 0.15) is 5.60 Å². The summed E-state index contributed by atoms with van der Waals surface area (Å²) in [6, 6.07) is 11.1. The number of aromatic nitrogens is 3. The third-order valence-corrected chi connectivity index (χ3v) is 4.87. The molecule has 7 nitrogen and oxygen atoms in total. The molecule has 1 aromatic carbocycles. The SMILES string of the molecule is CCC(C)(C)Oc1nc(N)nc2ccc(-c3ccc(C(=O)NCC(C)C)cc3)nc12. The number of ether oxygens (including phenoxy) is 1. The third kappa shape index (κ3) is 5.03. The number of carbonyl (C=O) groups is 1. The molecule has 1 amide bonds. The summed E-state index contributed by atoms with van der Waals surface area (Å²) in [4.78, 5) is 25.5. The number of benzene rings is 1. The van der Waals surface area contributed by atoms with Gasteiger partial charge in [-0.15, -0.1) is 0 Å². The molecule has 3 N–H and O–H groups in total. The van der Waals surface area contributed by atoms with E-state index in [1.165, 1.54) is 0 Å². The Kier molecular flexibility index (Phi) is 6.20. The molecule has 2 heterocycles. The standard InChI is InChI=1S/C23H29N5O2/c1-6-23(4,5)30-21-19-18(27-22(24)28-21)12-11-17(26-19)15-7-9-16(10-8-15)20(29)25-13-14(2)3/h7-12,14H,6,13H2,1-5H3,(H,25,29)(H2,24,27,28). The molecular weight excluding hydrogens is 378 g/mol. The molecule has 0 saturated carbocycles. The first-order chi connectivity index (χ1) is 14.2. The molecule has 0 saturated heterocycles. The van der Waals surface area contributed by atoms with Crippen LogP contribution in [-0.2, 0) is 0 Å². The summed E-state index contributed by atoms with van der Waals surface area (Å²) >= 11 is 0. The maximum atomic E-state index is 12.2. The Bertz CT molecular complexity index is 1050. The highest BCUT2D eigenvalue weighted by Crippen LogP contribution is 2.29. The monoisotopic (exact) mass is 407 g/mol. The fourth-order valence-electron chi connectivity index (χ4n) is 2.76. The van der Waals surface area contributed by atoms with Crippen molar-refractivity contribution in [2.24, 2.45) is 5.92 Å². The van der Waals surface area contributed by atoms with Crippen molar-refractivity contribution in [3.63, 3.8) is 0 Å². The number of amides is 1. The number of pyridine rings is 1. The minimum atomic E-state index is -0.406. The van der Waals surface area contributed by atoms with Crippen LogP contribution in [0.15, 0.2) is 36.4 Å². The number of nitrogens with zero attached hydrogens (tertiary/aromatic N) is 3. The fraction of sp³-hybridized carbons (Fsp3) is 0.391. The summed E-state index contributed by atoms with van der Waals surface area (Å²) in [5, 5.41) is 2.92. The second-order valence-electron chi connectivity index (χ2n) is 8.35. The third-order valence-electron chi connectivity index (χ3n) is 4.87. The van der Waals surface area contributed by atoms with E-state index >= 15 is 0 Å². The van der Waals surface area contributed by atoms with Gasteiger partial charge in [0.25, 0.3) is 5.91 Å². The van der Waals surface area contributed by atoms with E-state index in [0.29, 0.717) is 34.9 Å². The summed E-state index contributed by atoms with van der Waals surface area (Å²) in [5.41, 5.74) is 8.87. The van der Waals surface area contributed by atoms with Gasteiger partial charge in [-0.3, -0.25) is 4.79 Å². The van der Waals surface area contributed by atoms with Crippen molar-refractivity contribution in [1.82, 2.24) is 20.3 Å². The van der Waals surface area contributed by atoms with Gasteiger partial charge in [-0.1, -0.05) is 32.9 Å². The molecule has 0 aliphatic carbocycles. The van der Waals surface area contributed by atoms with E-state index < -0.39 is 5.60 Å². The smallest absolute Gasteiger partial charge is 0.251 e. The summed E-state index contributed by atoms with van der Waals surface area (Å²) < 4.78 is 6.09. The summed E-state index contributed by atoms with van der Waals surface area (Å²) in [5.74, 6) is 0.843. The van der Waals surface area contributed by atoms with E-state index in [9.17, 15) is 4.79 Å². The van der Waals surface area contributed by atoms with Crippen molar-refractivity contribution in [2.45, 2.75) is 46.6 Å². The Hall–Kier alpha value is -3.22. The average molecular weight is 408 g/mol. The zero-order valence-electron chi connectivity index (χ0n) is 18.2. The van der Waals surface area contributed by atoms with Gasteiger partial charge >= 0.3 is 0 Å². The van der Waals surface area contributed by atoms with Crippen LogP contribution in [-0.4, -0.2) is 33.0 Å². The molecule has 0 aliphatic rings. The molecule has 7 heteroatoms. The number of rotatable bonds is 7. The average Bonchev–Trinajstić information content (AvgIpc) is 2.71. The molecule has 0 bridgehead atoms. The van der Waals surface area contributed by atoms with E-state index in [0.717, 1.165) is 17.7 Å². The lowest BCUT2D eigenvalue weighted by atomic mass is 10.1. The number of anilines is 1. The molecule has 158 valence electrons. The quantitative estimate of drug-likeness (QED) is 0.608. The molecule has 30 heavy (non-hydrogen) atoms. The zero-order chi connectivity index (χ0) is 21.9. The lowest BCUT2D eigenvalue weighted by Crippen LogP contribution is -2.27. The van der Waals surface area contributed by atoms with Gasteiger partial charge in [0.2, 0.25) is 11.8 Å². The second-order valence-corrected chi connectivity index (χ2v) is 8.35. The number of hydrogen-bond acceptors (Lipinski definition) is 6. The van der Waals surface area contributed by atoms with Crippen LogP contribution in [0, 0.1) is 5.92 Å². The van der Waals surface area contributed by atoms with E-state index in [1.54, 1.807) is 12.1 Å². The fourth-order valence-corrected chi connectivity index (χ4v) is 2.76. The van der Waals surface area contributed by atoms with Gasteiger partial charge in [0.05, 0.1) is 11.2 Å². The first kappa shape index (κ1) is 21.5. The van der Waals surface area contributed by atoms with Crippen LogP contribution in [0.1, 0.15) is 51.4 Å². The molecule has 0 aliphatic heterocycles. The van der Waals surface area contributed by atoms with Crippen LogP contribution in [0.3, 0.4) is 0 Å². The molecule has 0 spiro atoms. The Morgan fingerprint density at radius 1 is 1.10 bits per heavy atom. The predicted molar refractivity (Wildman–Crippen MR) is 119 cm³/mol. The molecular formula is C23H29N5O2. The Balaban J connectivity index is 1.93. The van der Waals surface area contributed by atoms with Crippen LogP contribution in [0.5, 0.6) is 5.88 Å². The molecule has 0 atom stereocenters. The van der Waals surface area contributed by atoms with Crippen molar-refractivity contribution in [3.05, 3.63) is 42.0 Å². The molecule has 2 aromatic heterocycles. The van der Waals surface area contributed by atoms with E-state index in [-0.39, 0.29) is 11.9 Å². The van der Waals surface area contributed by atoms with E-state index in [4.69, 9.17) is 15.5 Å². The van der Waals surface area contributed by atoms with Crippen LogP contribution in [0.4, 0.5) is 5.95 Å². The number of carbonyl (C=O) groups excluding carboxylic acids is 1. The highest BCUT2D eigenvalue weighted by molar-refractivity contribution is 5.94. The van der Waals surface area contributed by atoms with Gasteiger partial charge in [-0.25, -0.2) is 9.97 Å². The number of fused-ring (bicyclic) bond motifs is 1. The zero-order valence-corrected chi connectivity index (χ0v) is 18.2. The maximum absolute atomic E-state index is 12.2. The van der Waals surface area contributed by atoms with Crippen molar-refractivity contribution in [3.8, 4) is 17.1 Å². The molecule has 0 fully saturated rings. The van der Waals surface area contributed by atoms with Crippen LogP contribution in [0.25, 0.3) is 22.3 Å². The highest BCUT2D eigenvalue weighted by atomic mass is 16.5.